The number of pyridine rings is 1. The molecule has 0 N–H and O–H groups in total. The predicted octanol–water partition coefficient (Wildman–Crippen LogP) is 5.81. The fourth-order valence-electron chi connectivity index (χ4n) is 3.33. The molecular weight excluding hydrogens is 344 g/mol. The van der Waals surface area contributed by atoms with Gasteiger partial charge in [0.25, 0.3) is 5.91 Å². The molecule has 1 amide bonds. The van der Waals surface area contributed by atoms with Crippen LogP contribution < -0.4 is 0 Å². The summed E-state index contributed by atoms with van der Waals surface area (Å²) in [5.41, 5.74) is 3.21. The number of hydrogen-bond acceptors (Lipinski definition) is 2. The molecule has 26 heavy (non-hydrogen) atoms. The Morgan fingerprint density at radius 3 is 2.19 bits per heavy atom. The Hall–Kier alpha value is -2.39. The van der Waals surface area contributed by atoms with Gasteiger partial charge in [-0.3, -0.25) is 4.79 Å². The SMILES string of the molecule is CC(C)N(C(=O)c1cc(-c2ccc(Cl)cc2)nc2ccccc12)C(C)C. The van der Waals surface area contributed by atoms with Crippen LogP contribution in [0.5, 0.6) is 0 Å². The third kappa shape index (κ3) is 3.58. The van der Waals surface area contributed by atoms with Gasteiger partial charge in [-0.2, -0.15) is 0 Å². The summed E-state index contributed by atoms with van der Waals surface area (Å²) >= 11 is 6.01. The standard InChI is InChI=1S/C22H23ClN2O/c1-14(2)25(15(3)4)22(26)19-13-21(16-9-11-17(23)12-10-16)24-20-8-6-5-7-18(19)20/h5-15H,1-4H3. The summed E-state index contributed by atoms with van der Waals surface area (Å²) in [6.45, 7) is 8.17. The lowest BCUT2D eigenvalue weighted by atomic mass is 10.0. The highest BCUT2D eigenvalue weighted by molar-refractivity contribution is 6.30. The van der Waals surface area contributed by atoms with Gasteiger partial charge in [0, 0.05) is 28.1 Å². The number of rotatable bonds is 4. The lowest BCUT2D eigenvalue weighted by Gasteiger charge is -2.31. The van der Waals surface area contributed by atoms with Crippen LogP contribution in [0.3, 0.4) is 0 Å². The fourth-order valence-corrected chi connectivity index (χ4v) is 3.45. The summed E-state index contributed by atoms with van der Waals surface area (Å²) in [5.74, 6) is 0.0313. The number of carbonyl (C=O) groups is 1. The molecule has 0 aliphatic rings. The average Bonchev–Trinajstić information content (AvgIpc) is 2.60. The summed E-state index contributed by atoms with van der Waals surface area (Å²) in [5, 5.41) is 1.55. The van der Waals surface area contributed by atoms with Gasteiger partial charge in [-0.25, -0.2) is 4.98 Å². The van der Waals surface area contributed by atoms with E-state index in [1.165, 1.54) is 0 Å². The smallest absolute Gasteiger partial charge is 0.255 e. The maximum Gasteiger partial charge on any atom is 0.255 e. The molecule has 0 fully saturated rings. The molecule has 0 bridgehead atoms. The van der Waals surface area contributed by atoms with E-state index in [4.69, 9.17) is 16.6 Å². The first-order valence-corrected chi connectivity index (χ1v) is 9.24. The van der Waals surface area contributed by atoms with Gasteiger partial charge in [-0.05, 0) is 52.0 Å². The molecule has 0 aliphatic carbocycles. The van der Waals surface area contributed by atoms with Crippen LogP contribution in [-0.2, 0) is 0 Å². The average molecular weight is 367 g/mol. The van der Waals surface area contributed by atoms with Crippen molar-refractivity contribution in [3.63, 3.8) is 0 Å². The summed E-state index contributed by atoms with van der Waals surface area (Å²) < 4.78 is 0. The third-order valence-corrected chi connectivity index (χ3v) is 4.69. The summed E-state index contributed by atoms with van der Waals surface area (Å²) in [7, 11) is 0. The zero-order valence-corrected chi connectivity index (χ0v) is 16.3. The second-order valence-electron chi connectivity index (χ2n) is 6.98. The van der Waals surface area contributed by atoms with Crippen LogP contribution in [0.2, 0.25) is 5.02 Å². The monoisotopic (exact) mass is 366 g/mol. The number of carbonyl (C=O) groups excluding carboxylic acids is 1. The van der Waals surface area contributed by atoms with Crippen LogP contribution in [0, 0.1) is 0 Å². The summed E-state index contributed by atoms with van der Waals surface area (Å²) in [6, 6.07) is 17.4. The molecule has 0 aliphatic heterocycles. The molecule has 3 nitrogen and oxygen atoms in total. The normalized spacial score (nSPS) is 11.3. The molecular formula is C22H23ClN2O. The van der Waals surface area contributed by atoms with Crippen molar-refractivity contribution in [2.45, 2.75) is 39.8 Å². The van der Waals surface area contributed by atoms with Gasteiger partial charge in [0.15, 0.2) is 0 Å². The van der Waals surface area contributed by atoms with Crippen molar-refractivity contribution >= 4 is 28.4 Å². The number of nitrogens with zero attached hydrogens (tertiary/aromatic N) is 2. The largest absolute Gasteiger partial charge is 0.334 e. The van der Waals surface area contributed by atoms with Crippen LogP contribution in [-0.4, -0.2) is 27.9 Å². The zero-order valence-electron chi connectivity index (χ0n) is 15.5. The van der Waals surface area contributed by atoms with E-state index in [0.717, 1.165) is 22.2 Å². The quantitative estimate of drug-likeness (QED) is 0.583. The van der Waals surface area contributed by atoms with E-state index in [2.05, 4.69) is 0 Å². The molecule has 1 heterocycles. The molecule has 0 spiro atoms. The van der Waals surface area contributed by atoms with E-state index < -0.39 is 0 Å². The Bertz CT molecular complexity index is 925. The Morgan fingerprint density at radius 1 is 0.962 bits per heavy atom. The van der Waals surface area contributed by atoms with Gasteiger partial charge in [0.05, 0.1) is 16.8 Å². The van der Waals surface area contributed by atoms with Gasteiger partial charge < -0.3 is 4.90 Å². The van der Waals surface area contributed by atoms with Gasteiger partial charge in [-0.15, -0.1) is 0 Å². The molecule has 3 aromatic rings. The fraction of sp³-hybridized carbons (Fsp3) is 0.273. The van der Waals surface area contributed by atoms with E-state index in [-0.39, 0.29) is 18.0 Å². The molecule has 2 aromatic carbocycles. The van der Waals surface area contributed by atoms with Crippen LogP contribution in [0.25, 0.3) is 22.2 Å². The zero-order chi connectivity index (χ0) is 18.8. The minimum absolute atomic E-state index is 0.0313. The maximum atomic E-state index is 13.4. The van der Waals surface area contributed by atoms with Gasteiger partial charge >= 0.3 is 0 Å². The summed E-state index contributed by atoms with van der Waals surface area (Å²) in [6.07, 6.45) is 0. The Balaban J connectivity index is 2.20. The number of benzene rings is 2. The van der Waals surface area contributed by atoms with Crippen molar-refractivity contribution in [2.75, 3.05) is 0 Å². The summed E-state index contributed by atoms with van der Waals surface area (Å²) in [4.78, 5) is 20.0. The van der Waals surface area contributed by atoms with E-state index in [9.17, 15) is 4.79 Å². The second-order valence-corrected chi connectivity index (χ2v) is 7.42. The molecule has 1 aromatic heterocycles. The minimum Gasteiger partial charge on any atom is -0.334 e. The number of aromatic nitrogens is 1. The number of fused-ring (bicyclic) bond motifs is 1. The Morgan fingerprint density at radius 2 is 1.58 bits per heavy atom. The molecule has 3 rings (SSSR count). The van der Waals surface area contributed by atoms with Crippen LogP contribution in [0.4, 0.5) is 0 Å². The molecule has 0 saturated carbocycles. The lowest BCUT2D eigenvalue weighted by molar-refractivity contribution is 0.0646. The molecule has 0 radical (unpaired) electrons. The van der Waals surface area contributed by atoms with Crippen LogP contribution in [0.1, 0.15) is 38.1 Å². The van der Waals surface area contributed by atoms with Crippen LogP contribution in [0.15, 0.2) is 54.6 Å². The molecule has 0 unspecified atom stereocenters. The van der Waals surface area contributed by atoms with Crippen molar-refractivity contribution in [1.29, 1.82) is 0 Å². The number of para-hydroxylation sites is 1. The first kappa shape index (κ1) is 18.4. The minimum atomic E-state index is 0.0313. The molecule has 0 atom stereocenters. The van der Waals surface area contributed by atoms with Crippen molar-refractivity contribution in [3.8, 4) is 11.3 Å². The van der Waals surface area contributed by atoms with Crippen molar-refractivity contribution in [3.05, 3.63) is 65.2 Å². The topological polar surface area (TPSA) is 33.2 Å². The van der Waals surface area contributed by atoms with Crippen molar-refractivity contribution in [1.82, 2.24) is 9.88 Å². The maximum absolute atomic E-state index is 13.4. The number of hydrogen-bond donors (Lipinski definition) is 0. The number of halogens is 1. The third-order valence-electron chi connectivity index (χ3n) is 4.43. The highest BCUT2D eigenvalue weighted by Crippen LogP contribution is 2.27. The Kier molecular flexibility index (Phi) is 5.28. The van der Waals surface area contributed by atoms with Gasteiger partial charge in [0.1, 0.15) is 0 Å². The second kappa shape index (κ2) is 7.46. The van der Waals surface area contributed by atoms with E-state index in [1.807, 2.05) is 87.2 Å². The first-order valence-electron chi connectivity index (χ1n) is 8.87. The van der Waals surface area contributed by atoms with E-state index in [0.29, 0.717) is 10.6 Å². The molecule has 0 saturated heterocycles. The lowest BCUT2D eigenvalue weighted by Crippen LogP contribution is -2.42. The van der Waals surface area contributed by atoms with Gasteiger partial charge in [-0.1, -0.05) is 41.9 Å². The van der Waals surface area contributed by atoms with Crippen molar-refractivity contribution in [2.24, 2.45) is 0 Å². The highest BCUT2D eigenvalue weighted by atomic mass is 35.5. The number of amides is 1. The Labute approximate surface area is 159 Å². The first-order chi connectivity index (χ1) is 12.4. The molecule has 4 heteroatoms. The van der Waals surface area contributed by atoms with Crippen LogP contribution >= 0.6 is 11.6 Å². The van der Waals surface area contributed by atoms with Crippen molar-refractivity contribution < 1.29 is 4.79 Å². The van der Waals surface area contributed by atoms with E-state index >= 15 is 0 Å². The molecule has 134 valence electrons. The predicted molar refractivity (Wildman–Crippen MR) is 109 cm³/mol. The van der Waals surface area contributed by atoms with E-state index in [1.54, 1.807) is 0 Å². The van der Waals surface area contributed by atoms with Gasteiger partial charge in [0.2, 0.25) is 0 Å². The highest BCUT2D eigenvalue weighted by Gasteiger charge is 2.24.